The monoisotopic (exact) mass is 232 g/mol. The van der Waals surface area contributed by atoms with Gasteiger partial charge in [0, 0.05) is 18.3 Å². The van der Waals surface area contributed by atoms with Crippen LogP contribution in [0.3, 0.4) is 0 Å². The molecule has 0 aliphatic heterocycles. The van der Waals surface area contributed by atoms with Crippen molar-refractivity contribution in [2.45, 2.75) is 38.1 Å². The van der Waals surface area contributed by atoms with Gasteiger partial charge in [0.25, 0.3) is 0 Å². The van der Waals surface area contributed by atoms with Crippen LogP contribution in [0.2, 0.25) is 0 Å². The van der Waals surface area contributed by atoms with Crippen LogP contribution in [0, 0.1) is 0 Å². The molecule has 0 aromatic carbocycles. The van der Waals surface area contributed by atoms with E-state index in [1.165, 1.54) is 32.1 Å². The third kappa shape index (κ3) is 5.05. The van der Waals surface area contributed by atoms with Crippen LogP contribution in [0.4, 0.5) is 0 Å². The molecule has 0 atom stereocenters. The predicted octanol–water partition coefficient (Wildman–Crippen LogP) is 2.15. The van der Waals surface area contributed by atoms with E-state index in [-0.39, 0.29) is 0 Å². The highest BCUT2D eigenvalue weighted by molar-refractivity contribution is 7.98. The van der Waals surface area contributed by atoms with Crippen molar-refractivity contribution in [3.8, 4) is 0 Å². The van der Waals surface area contributed by atoms with Crippen molar-refractivity contribution in [3.63, 3.8) is 0 Å². The Hall–Kier alpha value is 0.0400. The van der Waals surface area contributed by atoms with Gasteiger partial charge in [-0.2, -0.15) is 11.8 Å². The highest BCUT2D eigenvalue weighted by Crippen LogP contribution is 2.17. The van der Waals surface area contributed by atoms with E-state index in [9.17, 15) is 0 Å². The number of thioether (sulfide) groups is 1. The van der Waals surface area contributed by atoms with Crippen LogP contribution in [0.15, 0.2) is 0 Å². The smallest absolute Gasteiger partial charge is 0.166 e. The Kier molecular flexibility index (Phi) is 6.36. The molecule has 1 rings (SSSR count). The molecule has 14 heavy (non-hydrogen) atoms. The first-order valence-electron chi connectivity index (χ1n) is 5.36. The lowest BCUT2D eigenvalue weighted by molar-refractivity contribution is 0.412. The lowest BCUT2D eigenvalue weighted by atomic mass is 9.96. The van der Waals surface area contributed by atoms with Gasteiger partial charge in [0.15, 0.2) is 5.11 Å². The molecule has 0 spiro atoms. The van der Waals surface area contributed by atoms with Gasteiger partial charge >= 0.3 is 0 Å². The second-order valence-electron chi connectivity index (χ2n) is 3.73. The average molecular weight is 232 g/mol. The molecule has 0 heterocycles. The van der Waals surface area contributed by atoms with E-state index in [4.69, 9.17) is 12.2 Å². The van der Waals surface area contributed by atoms with Crippen LogP contribution in [-0.4, -0.2) is 29.7 Å². The summed E-state index contributed by atoms with van der Waals surface area (Å²) in [6.45, 7) is 0.972. The van der Waals surface area contributed by atoms with Gasteiger partial charge in [-0.05, 0) is 31.3 Å². The quantitative estimate of drug-likeness (QED) is 0.573. The summed E-state index contributed by atoms with van der Waals surface area (Å²) in [4.78, 5) is 0. The summed E-state index contributed by atoms with van der Waals surface area (Å²) in [5.41, 5.74) is 0. The zero-order valence-corrected chi connectivity index (χ0v) is 10.5. The van der Waals surface area contributed by atoms with Gasteiger partial charge in [-0.1, -0.05) is 19.3 Å². The molecule has 0 aromatic heterocycles. The maximum Gasteiger partial charge on any atom is 0.166 e. The second-order valence-corrected chi connectivity index (χ2v) is 5.12. The van der Waals surface area contributed by atoms with E-state index >= 15 is 0 Å². The highest BCUT2D eigenvalue weighted by Gasteiger charge is 2.13. The van der Waals surface area contributed by atoms with Crippen molar-refractivity contribution in [3.05, 3.63) is 0 Å². The molecule has 1 fully saturated rings. The number of hydrogen-bond donors (Lipinski definition) is 2. The van der Waals surface area contributed by atoms with Crippen molar-refractivity contribution < 1.29 is 0 Å². The maximum absolute atomic E-state index is 5.22. The number of hydrogen-bond acceptors (Lipinski definition) is 2. The Morgan fingerprint density at radius 3 is 2.71 bits per heavy atom. The molecule has 1 saturated carbocycles. The first-order valence-corrected chi connectivity index (χ1v) is 7.16. The van der Waals surface area contributed by atoms with E-state index in [1.807, 2.05) is 11.8 Å². The van der Waals surface area contributed by atoms with Gasteiger partial charge < -0.3 is 10.6 Å². The third-order valence-electron chi connectivity index (χ3n) is 2.53. The van der Waals surface area contributed by atoms with Crippen molar-refractivity contribution in [2.24, 2.45) is 0 Å². The van der Waals surface area contributed by atoms with E-state index in [2.05, 4.69) is 16.9 Å². The van der Waals surface area contributed by atoms with Gasteiger partial charge in [-0.25, -0.2) is 0 Å². The lowest BCUT2D eigenvalue weighted by Crippen LogP contribution is -2.43. The van der Waals surface area contributed by atoms with E-state index < -0.39 is 0 Å². The molecule has 0 amide bonds. The molecule has 0 unspecified atom stereocenters. The first kappa shape index (κ1) is 12.1. The zero-order chi connectivity index (χ0) is 10.2. The largest absolute Gasteiger partial charge is 0.362 e. The molecule has 0 radical (unpaired) electrons. The van der Waals surface area contributed by atoms with Crippen LogP contribution in [0.25, 0.3) is 0 Å². The third-order valence-corrected chi connectivity index (χ3v) is 3.41. The summed E-state index contributed by atoms with van der Waals surface area (Å²) in [5.74, 6) is 1.12. The van der Waals surface area contributed by atoms with Gasteiger partial charge in [-0.3, -0.25) is 0 Å². The topological polar surface area (TPSA) is 24.1 Å². The zero-order valence-electron chi connectivity index (χ0n) is 8.84. The predicted molar refractivity (Wildman–Crippen MR) is 69.0 cm³/mol. The van der Waals surface area contributed by atoms with Crippen molar-refractivity contribution >= 4 is 29.1 Å². The molecule has 4 heteroatoms. The van der Waals surface area contributed by atoms with E-state index in [0.29, 0.717) is 6.04 Å². The summed E-state index contributed by atoms with van der Waals surface area (Å²) in [6, 6.07) is 0.623. The van der Waals surface area contributed by atoms with Gasteiger partial charge in [0.05, 0.1) is 0 Å². The maximum atomic E-state index is 5.22. The minimum atomic E-state index is 0.623. The van der Waals surface area contributed by atoms with E-state index in [1.54, 1.807) is 0 Å². The van der Waals surface area contributed by atoms with Crippen molar-refractivity contribution in [2.75, 3.05) is 18.6 Å². The Morgan fingerprint density at radius 2 is 2.07 bits per heavy atom. The molecule has 0 saturated heterocycles. The Labute approximate surface area is 96.6 Å². The first-order chi connectivity index (χ1) is 6.83. The minimum absolute atomic E-state index is 0.623. The van der Waals surface area contributed by atoms with Crippen molar-refractivity contribution in [1.82, 2.24) is 10.6 Å². The summed E-state index contributed by atoms with van der Waals surface area (Å²) < 4.78 is 0. The van der Waals surface area contributed by atoms with Crippen LogP contribution in [0.5, 0.6) is 0 Å². The number of thiocarbonyl (C=S) groups is 1. The Bertz CT molecular complexity index is 168. The summed E-state index contributed by atoms with van der Waals surface area (Å²) in [6.07, 6.45) is 8.77. The molecule has 82 valence electrons. The fourth-order valence-corrected chi connectivity index (χ4v) is 2.32. The molecular formula is C10H20N2S2. The molecule has 2 nitrogen and oxygen atoms in total. The molecule has 1 aliphatic carbocycles. The van der Waals surface area contributed by atoms with Crippen LogP contribution < -0.4 is 10.6 Å². The standard InChI is InChI=1S/C10H20N2S2/c1-14-8-7-11-10(13)12-9-5-3-2-4-6-9/h9H,2-8H2,1H3,(H2,11,12,13). The van der Waals surface area contributed by atoms with Gasteiger partial charge in [0.1, 0.15) is 0 Å². The van der Waals surface area contributed by atoms with Gasteiger partial charge in [-0.15, -0.1) is 0 Å². The van der Waals surface area contributed by atoms with Crippen LogP contribution in [-0.2, 0) is 0 Å². The molecular weight excluding hydrogens is 212 g/mol. The fourth-order valence-electron chi connectivity index (χ4n) is 1.75. The fraction of sp³-hybridized carbons (Fsp3) is 0.900. The van der Waals surface area contributed by atoms with Gasteiger partial charge in [0.2, 0.25) is 0 Å². The number of nitrogens with one attached hydrogen (secondary N) is 2. The Balaban J connectivity index is 2.06. The van der Waals surface area contributed by atoms with Crippen molar-refractivity contribution in [1.29, 1.82) is 0 Å². The summed E-state index contributed by atoms with van der Waals surface area (Å²) >= 11 is 7.06. The molecule has 0 aromatic rings. The molecule has 2 N–H and O–H groups in total. The molecule has 1 aliphatic rings. The number of rotatable bonds is 4. The summed E-state index contributed by atoms with van der Waals surface area (Å²) in [7, 11) is 0. The van der Waals surface area contributed by atoms with E-state index in [0.717, 1.165) is 17.4 Å². The normalized spacial score (nSPS) is 17.8. The lowest BCUT2D eigenvalue weighted by Gasteiger charge is -2.24. The molecule has 0 bridgehead atoms. The highest BCUT2D eigenvalue weighted by atomic mass is 32.2. The Morgan fingerprint density at radius 1 is 1.36 bits per heavy atom. The minimum Gasteiger partial charge on any atom is -0.362 e. The SMILES string of the molecule is CSCCNC(=S)NC1CCCCC1. The average Bonchev–Trinajstić information content (AvgIpc) is 2.20. The second kappa shape index (κ2) is 7.35. The van der Waals surface area contributed by atoms with Crippen LogP contribution in [0.1, 0.15) is 32.1 Å². The van der Waals surface area contributed by atoms with Crippen LogP contribution >= 0.6 is 24.0 Å². The summed E-state index contributed by atoms with van der Waals surface area (Å²) in [5, 5.41) is 7.46.